The van der Waals surface area contributed by atoms with Crippen LogP contribution >= 0.6 is 11.3 Å². The number of thiophene rings is 1. The van der Waals surface area contributed by atoms with Crippen LogP contribution in [0.2, 0.25) is 0 Å². The molecular formula is C19H25N3O2S. The van der Waals surface area contributed by atoms with Crippen molar-refractivity contribution in [3.05, 3.63) is 29.3 Å². The van der Waals surface area contributed by atoms with Crippen LogP contribution in [0.15, 0.2) is 28.1 Å². The number of hydrogen-bond acceptors (Lipinski definition) is 6. The number of carbonyl (C=O) groups excluding carboxylic acids is 1. The van der Waals surface area contributed by atoms with E-state index in [1.165, 1.54) is 38.9 Å². The third kappa shape index (κ3) is 4.02. The summed E-state index contributed by atoms with van der Waals surface area (Å²) >= 11 is 1.59. The first kappa shape index (κ1) is 16.9. The van der Waals surface area contributed by atoms with E-state index in [0.29, 0.717) is 17.9 Å². The second-order valence-corrected chi connectivity index (χ2v) is 8.08. The molecule has 5 nitrogen and oxygen atoms in total. The molecule has 4 heterocycles. The number of likely N-dealkylation sites (tertiary alicyclic amines) is 1. The van der Waals surface area contributed by atoms with Gasteiger partial charge in [-0.1, -0.05) is 24.1 Å². The second kappa shape index (κ2) is 7.81. The van der Waals surface area contributed by atoms with Gasteiger partial charge in [0.25, 0.3) is 0 Å². The minimum atomic E-state index is 0.0921. The molecule has 2 unspecified atom stereocenters. The van der Waals surface area contributed by atoms with Crippen molar-refractivity contribution >= 4 is 17.1 Å². The molecule has 6 heteroatoms. The van der Waals surface area contributed by atoms with Crippen LogP contribution in [0, 0.1) is 0 Å². The Labute approximate surface area is 152 Å². The normalized spacial score (nSPS) is 22.7. The Morgan fingerprint density at radius 2 is 2.28 bits per heavy atom. The molecule has 0 amide bonds. The van der Waals surface area contributed by atoms with E-state index in [4.69, 9.17) is 4.52 Å². The Kier molecular flexibility index (Phi) is 5.29. The maximum absolute atomic E-state index is 12.2. The van der Waals surface area contributed by atoms with Crippen molar-refractivity contribution in [2.24, 2.45) is 0 Å². The lowest BCUT2D eigenvalue weighted by atomic mass is 10.1. The van der Waals surface area contributed by atoms with E-state index in [1.54, 1.807) is 17.4 Å². The quantitative estimate of drug-likeness (QED) is 0.548. The van der Waals surface area contributed by atoms with Crippen molar-refractivity contribution in [1.29, 1.82) is 0 Å². The zero-order valence-corrected chi connectivity index (χ0v) is 15.3. The third-order valence-corrected chi connectivity index (χ3v) is 6.21. The minimum Gasteiger partial charge on any atom is -0.355 e. The summed E-state index contributed by atoms with van der Waals surface area (Å²) in [5.41, 5.74) is 0.462. The van der Waals surface area contributed by atoms with Gasteiger partial charge in [0.2, 0.25) is 0 Å². The molecule has 2 aliphatic heterocycles. The van der Waals surface area contributed by atoms with Crippen molar-refractivity contribution in [3.8, 4) is 10.6 Å². The van der Waals surface area contributed by atoms with Gasteiger partial charge < -0.3 is 9.84 Å². The fourth-order valence-electron chi connectivity index (χ4n) is 3.94. The average molecular weight is 359 g/mol. The molecule has 2 atom stereocenters. The van der Waals surface area contributed by atoms with Gasteiger partial charge in [0.15, 0.2) is 11.5 Å². The van der Waals surface area contributed by atoms with Crippen LogP contribution in [0.5, 0.6) is 0 Å². The van der Waals surface area contributed by atoms with Gasteiger partial charge in [-0.25, -0.2) is 0 Å². The van der Waals surface area contributed by atoms with Gasteiger partial charge in [0, 0.05) is 37.7 Å². The van der Waals surface area contributed by atoms with E-state index in [1.807, 2.05) is 17.5 Å². The number of nitrogens with one attached hydrogen (secondary N) is 1. The summed E-state index contributed by atoms with van der Waals surface area (Å²) in [5, 5.41) is 9.46. The highest BCUT2D eigenvalue weighted by Crippen LogP contribution is 2.26. The van der Waals surface area contributed by atoms with E-state index in [-0.39, 0.29) is 5.78 Å². The maximum atomic E-state index is 12.2. The Hall–Kier alpha value is -1.50. The summed E-state index contributed by atoms with van der Waals surface area (Å²) < 4.78 is 5.29. The number of rotatable bonds is 9. The van der Waals surface area contributed by atoms with Crippen molar-refractivity contribution < 1.29 is 9.32 Å². The molecule has 0 radical (unpaired) electrons. The fourth-order valence-corrected chi connectivity index (χ4v) is 4.62. The molecule has 0 aromatic carbocycles. The Morgan fingerprint density at radius 3 is 3.04 bits per heavy atom. The number of unbranched alkanes of at least 4 members (excludes halogenated alkanes) is 3. The summed E-state index contributed by atoms with van der Waals surface area (Å²) in [6, 6.07) is 7.22. The summed E-state index contributed by atoms with van der Waals surface area (Å²) in [7, 11) is 0. The molecule has 0 aliphatic carbocycles. The lowest BCUT2D eigenvalue weighted by Crippen LogP contribution is -2.43. The minimum absolute atomic E-state index is 0.0921. The lowest BCUT2D eigenvalue weighted by molar-refractivity contribution is 0.0970. The third-order valence-electron chi connectivity index (χ3n) is 5.33. The van der Waals surface area contributed by atoms with Crippen molar-refractivity contribution in [3.63, 3.8) is 0 Å². The number of carbonyl (C=O) groups is 1. The maximum Gasteiger partial charge on any atom is 0.184 e. The number of nitrogens with zero attached hydrogens (tertiary/aromatic N) is 2. The van der Waals surface area contributed by atoms with E-state index in [2.05, 4.69) is 15.4 Å². The Bertz CT molecular complexity index is 697. The van der Waals surface area contributed by atoms with Crippen LogP contribution in [0.4, 0.5) is 0 Å². The van der Waals surface area contributed by atoms with Crippen molar-refractivity contribution in [2.75, 3.05) is 19.6 Å². The number of piperazine rings is 1. The zero-order chi connectivity index (χ0) is 17.1. The number of ketones is 1. The highest BCUT2D eigenvalue weighted by molar-refractivity contribution is 7.13. The molecule has 25 heavy (non-hydrogen) atoms. The van der Waals surface area contributed by atoms with E-state index in [9.17, 15) is 4.79 Å². The predicted octanol–water partition coefficient (Wildman–Crippen LogP) is 3.58. The number of fused-ring (bicyclic) bond motifs is 2. The number of aromatic nitrogens is 1. The summed E-state index contributed by atoms with van der Waals surface area (Å²) in [6.07, 6.45) is 6.39. The first-order chi connectivity index (χ1) is 12.3. The highest BCUT2D eigenvalue weighted by atomic mass is 32.1. The summed E-state index contributed by atoms with van der Waals surface area (Å²) in [5.74, 6) is 0.780. The smallest absolute Gasteiger partial charge is 0.184 e. The molecule has 2 bridgehead atoms. The van der Waals surface area contributed by atoms with Gasteiger partial charge in [0.1, 0.15) is 5.69 Å². The lowest BCUT2D eigenvalue weighted by Gasteiger charge is -2.27. The van der Waals surface area contributed by atoms with Crippen LogP contribution in [0.25, 0.3) is 10.6 Å². The van der Waals surface area contributed by atoms with Crippen molar-refractivity contribution in [1.82, 2.24) is 15.4 Å². The molecule has 134 valence electrons. The van der Waals surface area contributed by atoms with Crippen LogP contribution in [-0.2, 0) is 0 Å². The second-order valence-electron chi connectivity index (χ2n) is 7.13. The molecule has 2 aliphatic rings. The standard InChI is InChI=1S/C19H25N3O2S/c23-17(16-11-18(24-21-16)19-7-5-9-25-19)6-3-1-2-4-8-22-13-14-10-15(22)12-20-14/h5,7,9,11,14-15,20H,1-4,6,8,10,12-13H2. The highest BCUT2D eigenvalue weighted by Gasteiger charge is 2.36. The number of Topliss-reactive ketones (excluding diaryl/α,β-unsaturated/α-hetero) is 1. The largest absolute Gasteiger partial charge is 0.355 e. The Morgan fingerprint density at radius 1 is 1.36 bits per heavy atom. The molecule has 2 saturated heterocycles. The molecule has 0 spiro atoms. The van der Waals surface area contributed by atoms with Crippen LogP contribution in [-0.4, -0.2) is 47.6 Å². The van der Waals surface area contributed by atoms with E-state index < -0.39 is 0 Å². The molecule has 2 aromatic heterocycles. The summed E-state index contributed by atoms with van der Waals surface area (Å²) in [4.78, 5) is 15.9. The van der Waals surface area contributed by atoms with Gasteiger partial charge in [-0.3, -0.25) is 9.69 Å². The zero-order valence-electron chi connectivity index (χ0n) is 14.4. The average Bonchev–Trinajstić information content (AvgIpc) is 3.40. The van der Waals surface area contributed by atoms with Crippen LogP contribution in [0.1, 0.15) is 49.0 Å². The molecule has 2 aromatic rings. The molecule has 0 saturated carbocycles. The summed E-state index contributed by atoms with van der Waals surface area (Å²) in [6.45, 7) is 3.61. The molecule has 1 N–H and O–H groups in total. The Balaban J connectivity index is 1.12. The first-order valence-electron chi connectivity index (χ1n) is 9.31. The van der Waals surface area contributed by atoms with Crippen LogP contribution in [0.3, 0.4) is 0 Å². The van der Waals surface area contributed by atoms with E-state index >= 15 is 0 Å². The van der Waals surface area contributed by atoms with Gasteiger partial charge in [0.05, 0.1) is 4.88 Å². The SMILES string of the molecule is O=C(CCCCCCN1CC2CC1CN2)c1cc(-c2cccs2)on1. The van der Waals surface area contributed by atoms with Gasteiger partial charge in [-0.2, -0.15) is 0 Å². The monoisotopic (exact) mass is 359 g/mol. The first-order valence-corrected chi connectivity index (χ1v) is 10.2. The topological polar surface area (TPSA) is 58.4 Å². The fraction of sp³-hybridized carbons (Fsp3) is 0.579. The molecule has 4 rings (SSSR count). The predicted molar refractivity (Wildman–Crippen MR) is 99.0 cm³/mol. The molecule has 2 fully saturated rings. The van der Waals surface area contributed by atoms with Gasteiger partial charge >= 0.3 is 0 Å². The van der Waals surface area contributed by atoms with E-state index in [0.717, 1.165) is 29.8 Å². The molecular weight excluding hydrogens is 334 g/mol. The van der Waals surface area contributed by atoms with Crippen LogP contribution < -0.4 is 5.32 Å². The van der Waals surface area contributed by atoms with Gasteiger partial charge in [-0.15, -0.1) is 11.3 Å². The number of hydrogen-bond donors (Lipinski definition) is 1. The van der Waals surface area contributed by atoms with Gasteiger partial charge in [-0.05, 0) is 37.3 Å². The van der Waals surface area contributed by atoms with Crippen molar-refractivity contribution in [2.45, 2.75) is 50.6 Å².